The first-order valence-electron chi connectivity index (χ1n) is 5.38. The number of alkyl carbamates (subject to hydrolysis) is 1. The molecule has 1 amide bonds. The van der Waals surface area contributed by atoms with Gasteiger partial charge in [0.25, 0.3) is 0 Å². The lowest BCUT2D eigenvalue weighted by molar-refractivity contribution is 0.148. The van der Waals surface area contributed by atoms with E-state index in [1.807, 2.05) is 31.2 Å². The van der Waals surface area contributed by atoms with Crippen molar-refractivity contribution in [1.29, 1.82) is 0 Å². The van der Waals surface area contributed by atoms with Crippen LogP contribution in [0.25, 0.3) is 0 Å². The summed E-state index contributed by atoms with van der Waals surface area (Å²) < 4.78 is 4.83. The van der Waals surface area contributed by atoms with Crippen LogP contribution in [0, 0.1) is 6.92 Å². The van der Waals surface area contributed by atoms with Gasteiger partial charge in [-0.3, -0.25) is 0 Å². The Morgan fingerprint density at radius 3 is 2.75 bits per heavy atom. The molecule has 1 unspecified atom stereocenters. The SMILES string of the molecule is CCOC(=O)NC(CN)c1ccccc1C. The fourth-order valence-corrected chi connectivity index (χ4v) is 1.56. The molecule has 0 heterocycles. The lowest BCUT2D eigenvalue weighted by Gasteiger charge is -2.18. The number of carbonyl (C=O) groups excluding carboxylic acids is 1. The van der Waals surface area contributed by atoms with Crippen LogP contribution in [0.1, 0.15) is 24.1 Å². The molecular formula is C12H18N2O2. The molecular weight excluding hydrogens is 204 g/mol. The minimum absolute atomic E-state index is 0.194. The van der Waals surface area contributed by atoms with Crippen molar-refractivity contribution in [2.24, 2.45) is 5.73 Å². The van der Waals surface area contributed by atoms with Gasteiger partial charge in [0.2, 0.25) is 0 Å². The topological polar surface area (TPSA) is 64.3 Å². The van der Waals surface area contributed by atoms with Crippen molar-refractivity contribution in [2.75, 3.05) is 13.2 Å². The molecule has 1 aromatic carbocycles. The third-order valence-corrected chi connectivity index (χ3v) is 2.37. The quantitative estimate of drug-likeness (QED) is 0.815. The Bertz CT molecular complexity index is 353. The van der Waals surface area contributed by atoms with Gasteiger partial charge in [-0.05, 0) is 25.0 Å². The van der Waals surface area contributed by atoms with Gasteiger partial charge in [-0.15, -0.1) is 0 Å². The minimum Gasteiger partial charge on any atom is -0.450 e. The Morgan fingerprint density at radius 2 is 2.19 bits per heavy atom. The molecule has 0 aliphatic rings. The van der Waals surface area contributed by atoms with Gasteiger partial charge in [-0.25, -0.2) is 4.79 Å². The average Bonchev–Trinajstić information content (AvgIpc) is 2.27. The summed E-state index contributed by atoms with van der Waals surface area (Å²) in [5, 5.41) is 2.74. The standard InChI is InChI=1S/C12H18N2O2/c1-3-16-12(15)14-11(8-13)10-7-5-4-6-9(10)2/h4-7,11H,3,8,13H2,1-2H3,(H,14,15). The summed E-state index contributed by atoms with van der Waals surface area (Å²) in [4.78, 5) is 11.3. The number of aryl methyl sites for hydroxylation is 1. The largest absolute Gasteiger partial charge is 0.450 e. The van der Waals surface area contributed by atoms with Crippen molar-refractivity contribution in [1.82, 2.24) is 5.32 Å². The van der Waals surface area contributed by atoms with Crippen LogP contribution in [0.2, 0.25) is 0 Å². The zero-order valence-electron chi connectivity index (χ0n) is 9.69. The third kappa shape index (κ3) is 3.24. The van der Waals surface area contributed by atoms with Gasteiger partial charge < -0.3 is 15.8 Å². The molecule has 4 nitrogen and oxygen atoms in total. The van der Waals surface area contributed by atoms with Crippen molar-refractivity contribution >= 4 is 6.09 Å². The highest BCUT2D eigenvalue weighted by molar-refractivity contribution is 5.68. The first-order valence-corrected chi connectivity index (χ1v) is 5.38. The van der Waals surface area contributed by atoms with E-state index in [0.717, 1.165) is 11.1 Å². The summed E-state index contributed by atoms with van der Waals surface area (Å²) in [5.41, 5.74) is 7.78. The lowest BCUT2D eigenvalue weighted by atomic mass is 10.0. The fraction of sp³-hybridized carbons (Fsp3) is 0.417. The van der Waals surface area contributed by atoms with Gasteiger partial charge in [0.05, 0.1) is 12.6 Å². The Kier molecular flexibility index (Phi) is 4.79. The van der Waals surface area contributed by atoms with E-state index in [4.69, 9.17) is 10.5 Å². The molecule has 1 atom stereocenters. The van der Waals surface area contributed by atoms with Crippen LogP contribution < -0.4 is 11.1 Å². The Labute approximate surface area is 95.8 Å². The first kappa shape index (κ1) is 12.5. The maximum atomic E-state index is 11.3. The third-order valence-electron chi connectivity index (χ3n) is 2.37. The smallest absolute Gasteiger partial charge is 0.407 e. The molecule has 1 rings (SSSR count). The molecule has 0 spiro atoms. The second kappa shape index (κ2) is 6.12. The van der Waals surface area contributed by atoms with Gasteiger partial charge in [0.1, 0.15) is 0 Å². The zero-order chi connectivity index (χ0) is 12.0. The molecule has 88 valence electrons. The van der Waals surface area contributed by atoms with Crippen LogP contribution in [0.4, 0.5) is 4.79 Å². The Balaban J connectivity index is 2.75. The predicted octanol–water partition coefficient (Wildman–Crippen LogP) is 1.74. The van der Waals surface area contributed by atoms with Crippen molar-refractivity contribution in [3.05, 3.63) is 35.4 Å². The van der Waals surface area contributed by atoms with E-state index < -0.39 is 6.09 Å². The molecule has 0 bridgehead atoms. The monoisotopic (exact) mass is 222 g/mol. The molecule has 0 aromatic heterocycles. The molecule has 0 fully saturated rings. The molecule has 4 heteroatoms. The van der Waals surface area contributed by atoms with E-state index in [-0.39, 0.29) is 6.04 Å². The maximum absolute atomic E-state index is 11.3. The molecule has 16 heavy (non-hydrogen) atoms. The van der Waals surface area contributed by atoms with E-state index >= 15 is 0 Å². The van der Waals surface area contributed by atoms with Crippen molar-refractivity contribution in [3.8, 4) is 0 Å². The number of nitrogens with two attached hydrogens (primary N) is 1. The van der Waals surface area contributed by atoms with Gasteiger partial charge in [-0.1, -0.05) is 24.3 Å². The number of benzene rings is 1. The summed E-state index contributed by atoms with van der Waals surface area (Å²) in [7, 11) is 0. The number of nitrogens with one attached hydrogen (secondary N) is 1. The highest BCUT2D eigenvalue weighted by Gasteiger charge is 2.14. The first-order chi connectivity index (χ1) is 7.69. The van der Waals surface area contributed by atoms with Crippen LogP contribution >= 0.6 is 0 Å². The molecule has 0 saturated heterocycles. The Hall–Kier alpha value is -1.55. The molecule has 3 N–H and O–H groups in total. The van der Waals surface area contributed by atoms with Gasteiger partial charge >= 0.3 is 6.09 Å². The van der Waals surface area contributed by atoms with E-state index in [1.165, 1.54) is 0 Å². The Morgan fingerprint density at radius 1 is 1.50 bits per heavy atom. The minimum atomic E-state index is -0.429. The zero-order valence-corrected chi connectivity index (χ0v) is 9.69. The summed E-state index contributed by atoms with van der Waals surface area (Å²) in [6, 6.07) is 7.64. The van der Waals surface area contributed by atoms with Gasteiger partial charge in [0.15, 0.2) is 0 Å². The van der Waals surface area contributed by atoms with Crippen molar-refractivity contribution in [2.45, 2.75) is 19.9 Å². The van der Waals surface area contributed by atoms with Crippen LogP contribution in [-0.2, 0) is 4.74 Å². The summed E-state index contributed by atoms with van der Waals surface area (Å²) in [6.07, 6.45) is -0.429. The molecule has 0 radical (unpaired) electrons. The van der Waals surface area contributed by atoms with Gasteiger partial charge in [-0.2, -0.15) is 0 Å². The average molecular weight is 222 g/mol. The number of hydrogen-bond donors (Lipinski definition) is 2. The van der Waals surface area contributed by atoms with E-state index in [0.29, 0.717) is 13.2 Å². The second-order valence-electron chi connectivity index (χ2n) is 3.51. The summed E-state index contributed by atoms with van der Waals surface area (Å²) >= 11 is 0. The van der Waals surface area contributed by atoms with E-state index in [1.54, 1.807) is 6.92 Å². The predicted molar refractivity (Wildman–Crippen MR) is 63.1 cm³/mol. The van der Waals surface area contributed by atoms with Crippen LogP contribution in [0.15, 0.2) is 24.3 Å². The molecule has 0 aliphatic heterocycles. The van der Waals surface area contributed by atoms with Crippen LogP contribution in [0.5, 0.6) is 0 Å². The van der Waals surface area contributed by atoms with Crippen LogP contribution in [-0.4, -0.2) is 19.2 Å². The normalized spacial score (nSPS) is 11.9. The number of ether oxygens (including phenoxy) is 1. The lowest BCUT2D eigenvalue weighted by Crippen LogP contribution is -2.34. The number of hydrogen-bond acceptors (Lipinski definition) is 3. The maximum Gasteiger partial charge on any atom is 0.407 e. The van der Waals surface area contributed by atoms with Gasteiger partial charge in [0, 0.05) is 6.54 Å². The summed E-state index contributed by atoms with van der Waals surface area (Å²) in [5.74, 6) is 0. The highest BCUT2D eigenvalue weighted by Crippen LogP contribution is 2.16. The van der Waals surface area contributed by atoms with Crippen molar-refractivity contribution in [3.63, 3.8) is 0 Å². The molecule has 0 aliphatic carbocycles. The van der Waals surface area contributed by atoms with E-state index in [9.17, 15) is 4.79 Å². The molecule has 0 saturated carbocycles. The van der Waals surface area contributed by atoms with E-state index in [2.05, 4.69) is 5.32 Å². The highest BCUT2D eigenvalue weighted by atomic mass is 16.5. The number of rotatable bonds is 4. The molecule has 1 aromatic rings. The van der Waals surface area contributed by atoms with Crippen molar-refractivity contribution < 1.29 is 9.53 Å². The fourth-order valence-electron chi connectivity index (χ4n) is 1.56. The summed E-state index contributed by atoms with van der Waals surface area (Å²) in [6.45, 7) is 4.47. The number of carbonyl (C=O) groups is 1. The second-order valence-corrected chi connectivity index (χ2v) is 3.51. The number of amides is 1. The van der Waals surface area contributed by atoms with Crippen LogP contribution in [0.3, 0.4) is 0 Å².